The number of aryl methyl sites for hydroxylation is 2. The third-order valence-electron chi connectivity index (χ3n) is 3.05. The molecule has 4 nitrogen and oxygen atoms in total. The molecule has 2 N–H and O–H groups in total. The molecular formula is C16H15F3N2O2. The second kappa shape index (κ2) is 7.04. The van der Waals surface area contributed by atoms with Gasteiger partial charge in [0.15, 0.2) is 0 Å². The van der Waals surface area contributed by atoms with Gasteiger partial charge in [-0.2, -0.15) is 8.78 Å². The number of anilines is 2. The maximum Gasteiger partial charge on any atom is 0.387 e. The van der Waals surface area contributed by atoms with Crippen LogP contribution in [0.15, 0.2) is 36.4 Å². The van der Waals surface area contributed by atoms with Crippen molar-refractivity contribution in [3.63, 3.8) is 0 Å². The third-order valence-corrected chi connectivity index (χ3v) is 3.05. The summed E-state index contributed by atoms with van der Waals surface area (Å²) in [5.74, 6) is -1.01. The highest BCUT2D eigenvalue weighted by atomic mass is 19.3. The summed E-state index contributed by atoms with van der Waals surface area (Å²) in [6, 6.07) is 7.68. The number of carbonyl (C=O) groups is 1. The van der Waals surface area contributed by atoms with E-state index in [1.165, 1.54) is 0 Å². The summed E-state index contributed by atoms with van der Waals surface area (Å²) >= 11 is 0. The number of ether oxygens (including phenoxy) is 1. The topological polar surface area (TPSA) is 50.4 Å². The van der Waals surface area contributed by atoms with E-state index in [2.05, 4.69) is 15.4 Å². The molecule has 0 fully saturated rings. The first-order valence-electron chi connectivity index (χ1n) is 6.75. The highest BCUT2D eigenvalue weighted by molar-refractivity contribution is 6.01. The molecular weight excluding hydrogens is 309 g/mol. The molecule has 23 heavy (non-hydrogen) atoms. The smallest absolute Gasteiger partial charge is 0.387 e. The van der Waals surface area contributed by atoms with E-state index in [-0.39, 0.29) is 11.4 Å². The van der Waals surface area contributed by atoms with Crippen LogP contribution in [0, 0.1) is 19.7 Å². The van der Waals surface area contributed by atoms with E-state index in [0.717, 1.165) is 29.3 Å². The number of amides is 2. The van der Waals surface area contributed by atoms with Crippen LogP contribution in [0.1, 0.15) is 11.1 Å². The highest BCUT2D eigenvalue weighted by Gasteiger charge is 2.13. The maximum absolute atomic E-state index is 13.3. The van der Waals surface area contributed by atoms with Gasteiger partial charge in [-0.05, 0) is 43.2 Å². The van der Waals surface area contributed by atoms with Gasteiger partial charge in [-0.25, -0.2) is 9.18 Å². The van der Waals surface area contributed by atoms with Gasteiger partial charge in [-0.1, -0.05) is 12.1 Å². The van der Waals surface area contributed by atoms with E-state index in [0.29, 0.717) is 5.69 Å². The first-order valence-corrected chi connectivity index (χ1v) is 6.75. The Hall–Kier alpha value is -2.70. The van der Waals surface area contributed by atoms with E-state index in [9.17, 15) is 18.0 Å². The first kappa shape index (κ1) is 16.7. The normalized spacial score (nSPS) is 10.5. The maximum atomic E-state index is 13.3. The zero-order chi connectivity index (χ0) is 17.0. The number of nitrogens with one attached hydrogen (secondary N) is 2. The molecule has 0 radical (unpaired) electrons. The summed E-state index contributed by atoms with van der Waals surface area (Å²) in [5, 5.41) is 4.89. The lowest BCUT2D eigenvalue weighted by molar-refractivity contribution is -0.0493. The van der Waals surface area contributed by atoms with E-state index >= 15 is 0 Å². The van der Waals surface area contributed by atoms with Crippen LogP contribution in [0.4, 0.5) is 29.3 Å². The molecule has 7 heteroatoms. The predicted octanol–water partition coefficient (Wildman–Crippen LogP) is 4.69. The van der Waals surface area contributed by atoms with Crippen LogP contribution >= 0.6 is 0 Å². The number of hydrogen-bond acceptors (Lipinski definition) is 2. The number of urea groups is 1. The van der Waals surface area contributed by atoms with Crippen molar-refractivity contribution in [3.8, 4) is 5.75 Å². The summed E-state index contributed by atoms with van der Waals surface area (Å²) in [7, 11) is 0. The van der Waals surface area contributed by atoms with E-state index < -0.39 is 18.5 Å². The van der Waals surface area contributed by atoms with Crippen molar-refractivity contribution in [2.24, 2.45) is 0 Å². The molecule has 0 saturated heterocycles. The van der Waals surface area contributed by atoms with Crippen LogP contribution in [0.3, 0.4) is 0 Å². The highest BCUT2D eigenvalue weighted by Crippen LogP contribution is 2.27. The van der Waals surface area contributed by atoms with Crippen LogP contribution in [-0.4, -0.2) is 12.6 Å². The number of benzene rings is 2. The number of halogens is 3. The molecule has 0 aromatic heterocycles. The Balaban J connectivity index is 2.16. The average molecular weight is 324 g/mol. The largest absolute Gasteiger partial charge is 0.433 e. The Morgan fingerprint density at radius 2 is 1.74 bits per heavy atom. The molecule has 0 aliphatic carbocycles. The van der Waals surface area contributed by atoms with Gasteiger partial charge < -0.3 is 15.4 Å². The fourth-order valence-corrected chi connectivity index (χ4v) is 1.95. The Labute approximate surface area is 131 Å². The fourth-order valence-electron chi connectivity index (χ4n) is 1.95. The Bertz CT molecular complexity index is 720. The Kier molecular flexibility index (Phi) is 5.10. The standard InChI is InChI=1S/C16H15F3N2O2/c1-9-3-4-10(2)12(7-9)20-16(22)21-13-8-11(17)5-6-14(13)23-15(18)19/h3-8,15H,1-2H3,(H2,20,21,22). The van der Waals surface area contributed by atoms with Gasteiger partial charge in [0, 0.05) is 11.8 Å². The van der Waals surface area contributed by atoms with Gasteiger partial charge in [-0.15, -0.1) is 0 Å². The quantitative estimate of drug-likeness (QED) is 0.857. The minimum absolute atomic E-state index is 0.187. The first-order chi connectivity index (χ1) is 10.8. The van der Waals surface area contributed by atoms with Gasteiger partial charge >= 0.3 is 12.6 Å². The SMILES string of the molecule is Cc1ccc(C)c(NC(=O)Nc2cc(F)ccc2OC(F)F)c1. The molecule has 0 spiro atoms. The monoisotopic (exact) mass is 324 g/mol. The fraction of sp³-hybridized carbons (Fsp3) is 0.188. The van der Waals surface area contributed by atoms with Crippen LogP contribution in [0.5, 0.6) is 5.75 Å². The molecule has 2 aromatic carbocycles. The Morgan fingerprint density at radius 3 is 2.43 bits per heavy atom. The molecule has 0 atom stereocenters. The molecule has 0 aliphatic rings. The summed E-state index contributed by atoms with van der Waals surface area (Å²) in [5.41, 5.74) is 2.15. The minimum atomic E-state index is -3.08. The van der Waals surface area contributed by atoms with E-state index in [1.54, 1.807) is 6.07 Å². The molecule has 0 aliphatic heterocycles. The van der Waals surface area contributed by atoms with Gasteiger partial charge in [0.2, 0.25) is 0 Å². The van der Waals surface area contributed by atoms with Crippen LogP contribution in [-0.2, 0) is 0 Å². The van der Waals surface area contributed by atoms with Crippen LogP contribution in [0.25, 0.3) is 0 Å². The zero-order valence-electron chi connectivity index (χ0n) is 12.5. The number of carbonyl (C=O) groups excluding carboxylic acids is 1. The second-order valence-electron chi connectivity index (χ2n) is 4.92. The predicted molar refractivity (Wildman–Crippen MR) is 81.6 cm³/mol. The lowest BCUT2D eigenvalue weighted by Crippen LogP contribution is -2.21. The van der Waals surface area contributed by atoms with Crippen molar-refractivity contribution in [1.29, 1.82) is 0 Å². The van der Waals surface area contributed by atoms with Crippen molar-refractivity contribution in [2.75, 3.05) is 10.6 Å². The van der Waals surface area contributed by atoms with Gasteiger partial charge in [0.05, 0.1) is 5.69 Å². The van der Waals surface area contributed by atoms with Crippen molar-refractivity contribution in [2.45, 2.75) is 20.5 Å². The van der Waals surface area contributed by atoms with Crippen LogP contribution in [0.2, 0.25) is 0 Å². The molecule has 0 saturated carbocycles. The Morgan fingerprint density at radius 1 is 1.04 bits per heavy atom. The van der Waals surface area contributed by atoms with Gasteiger partial charge in [0.25, 0.3) is 0 Å². The molecule has 0 unspecified atom stereocenters. The lowest BCUT2D eigenvalue weighted by Gasteiger charge is -2.14. The third kappa shape index (κ3) is 4.64. The van der Waals surface area contributed by atoms with E-state index in [4.69, 9.17) is 0 Å². The van der Waals surface area contributed by atoms with E-state index in [1.807, 2.05) is 26.0 Å². The summed E-state index contributed by atoms with van der Waals surface area (Å²) in [6.07, 6.45) is 0. The average Bonchev–Trinajstić information content (AvgIpc) is 2.45. The second-order valence-corrected chi connectivity index (χ2v) is 4.92. The molecule has 0 bridgehead atoms. The van der Waals surface area contributed by atoms with Crippen molar-refractivity contribution in [3.05, 3.63) is 53.3 Å². The van der Waals surface area contributed by atoms with Gasteiger partial charge in [0.1, 0.15) is 11.6 Å². The molecule has 2 amide bonds. The van der Waals surface area contributed by atoms with Crippen LogP contribution < -0.4 is 15.4 Å². The van der Waals surface area contributed by atoms with Crippen molar-refractivity contribution in [1.82, 2.24) is 0 Å². The number of alkyl halides is 2. The molecule has 2 rings (SSSR count). The summed E-state index contributed by atoms with van der Waals surface area (Å²) in [6.45, 7) is 0.592. The molecule has 2 aromatic rings. The molecule has 0 heterocycles. The summed E-state index contributed by atoms with van der Waals surface area (Å²) in [4.78, 5) is 12.0. The lowest BCUT2D eigenvalue weighted by atomic mass is 10.1. The van der Waals surface area contributed by atoms with Crippen molar-refractivity contribution < 1.29 is 22.7 Å². The van der Waals surface area contributed by atoms with Crippen molar-refractivity contribution >= 4 is 17.4 Å². The zero-order valence-corrected chi connectivity index (χ0v) is 12.5. The minimum Gasteiger partial charge on any atom is -0.433 e. The molecule has 122 valence electrons. The number of rotatable bonds is 4. The van der Waals surface area contributed by atoms with Gasteiger partial charge in [-0.3, -0.25) is 0 Å². The summed E-state index contributed by atoms with van der Waals surface area (Å²) < 4.78 is 42.2. The number of hydrogen-bond donors (Lipinski definition) is 2.